The molecule has 1 atom stereocenters. The predicted octanol–water partition coefficient (Wildman–Crippen LogP) is 2.97. The van der Waals surface area contributed by atoms with Gasteiger partial charge in [-0.05, 0) is 48.2 Å². The summed E-state index contributed by atoms with van der Waals surface area (Å²) in [5.74, 6) is 0. The Hall–Kier alpha value is -0.380. The van der Waals surface area contributed by atoms with Gasteiger partial charge in [-0.15, -0.1) is 0 Å². The number of thiophene rings is 1. The van der Waals surface area contributed by atoms with Crippen molar-refractivity contribution in [1.29, 1.82) is 0 Å². The Bertz CT molecular complexity index is 287. The van der Waals surface area contributed by atoms with Crippen LogP contribution in [-0.4, -0.2) is 19.3 Å². The molecule has 0 spiro atoms. The zero-order valence-electron chi connectivity index (χ0n) is 9.45. The van der Waals surface area contributed by atoms with Crippen molar-refractivity contribution in [3.63, 3.8) is 0 Å². The predicted molar refractivity (Wildman–Crippen MR) is 64.3 cm³/mol. The van der Waals surface area contributed by atoms with Crippen LogP contribution < -0.4 is 5.32 Å². The fraction of sp³-hybridized carbons (Fsp3) is 0.667. The number of nitrogens with one attached hydrogen (secondary N) is 1. The molecule has 3 heteroatoms. The van der Waals surface area contributed by atoms with Gasteiger partial charge < -0.3 is 10.1 Å². The SMILES string of the molecule is CCNC(c1ccsc1)C1(OC)CCC1. The second kappa shape index (κ2) is 4.64. The van der Waals surface area contributed by atoms with Gasteiger partial charge in [-0.1, -0.05) is 6.92 Å². The maximum Gasteiger partial charge on any atom is 0.0872 e. The first-order chi connectivity index (χ1) is 7.32. The third kappa shape index (κ3) is 1.96. The molecule has 2 rings (SSSR count). The first kappa shape index (κ1) is 11.1. The summed E-state index contributed by atoms with van der Waals surface area (Å²) in [6.45, 7) is 3.15. The molecule has 0 bridgehead atoms. The number of hydrogen-bond donors (Lipinski definition) is 1. The van der Waals surface area contributed by atoms with Crippen LogP contribution in [0, 0.1) is 0 Å². The lowest BCUT2D eigenvalue weighted by molar-refractivity contribution is -0.0994. The fourth-order valence-electron chi connectivity index (χ4n) is 2.39. The van der Waals surface area contributed by atoms with Crippen LogP contribution in [0.3, 0.4) is 0 Å². The Kier molecular flexibility index (Phi) is 3.44. The smallest absolute Gasteiger partial charge is 0.0872 e. The minimum atomic E-state index is 0.0527. The summed E-state index contributed by atoms with van der Waals surface area (Å²) in [7, 11) is 1.84. The Morgan fingerprint density at radius 2 is 2.40 bits per heavy atom. The van der Waals surface area contributed by atoms with Crippen LogP contribution in [0.4, 0.5) is 0 Å². The van der Waals surface area contributed by atoms with Crippen molar-refractivity contribution in [3.8, 4) is 0 Å². The highest BCUT2D eigenvalue weighted by atomic mass is 32.1. The summed E-state index contributed by atoms with van der Waals surface area (Å²) < 4.78 is 5.75. The molecule has 1 unspecified atom stereocenters. The molecule has 1 saturated carbocycles. The van der Waals surface area contributed by atoms with Gasteiger partial charge in [0.1, 0.15) is 0 Å². The van der Waals surface area contributed by atoms with Gasteiger partial charge in [0.15, 0.2) is 0 Å². The first-order valence-corrected chi connectivity index (χ1v) is 6.57. The Morgan fingerprint density at radius 1 is 1.60 bits per heavy atom. The van der Waals surface area contributed by atoms with Crippen LogP contribution in [0.2, 0.25) is 0 Å². The normalized spacial score (nSPS) is 20.9. The standard InChI is InChI=1S/C12H19NOS/c1-3-13-11(10-5-8-15-9-10)12(14-2)6-4-7-12/h5,8-9,11,13H,3-4,6-7H2,1-2H3. The highest BCUT2D eigenvalue weighted by Crippen LogP contribution is 2.45. The van der Waals surface area contributed by atoms with E-state index in [1.54, 1.807) is 11.3 Å². The average molecular weight is 225 g/mol. The second-order valence-electron chi connectivity index (χ2n) is 4.17. The number of likely N-dealkylation sites (N-methyl/N-ethyl adjacent to an activating group) is 1. The van der Waals surface area contributed by atoms with Crippen molar-refractivity contribution < 1.29 is 4.74 Å². The van der Waals surface area contributed by atoms with E-state index in [2.05, 4.69) is 29.1 Å². The summed E-state index contributed by atoms with van der Waals surface area (Å²) in [6.07, 6.45) is 3.65. The number of rotatable bonds is 5. The molecule has 15 heavy (non-hydrogen) atoms. The molecular formula is C12H19NOS. The maximum atomic E-state index is 5.75. The second-order valence-corrected chi connectivity index (χ2v) is 4.95. The highest BCUT2D eigenvalue weighted by molar-refractivity contribution is 7.07. The van der Waals surface area contributed by atoms with Gasteiger partial charge in [-0.2, -0.15) is 11.3 Å². The molecule has 0 saturated heterocycles. The monoisotopic (exact) mass is 225 g/mol. The van der Waals surface area contributed by atoms with E-state index in [0.717, 1.165) is 6.54 Å². The molecule has 2 nitrogen and oxygen atoms in total. The first-order valence-electron chi connectivity index (χ1n) is 5.63. The van der Waals surface area contributed by atoms with Crippen LogP contribution in [0.5, 0.6) is 0 Å². The zero-order chi connectivity index (χ0) is 10.7. The third-order valence-electron chi connectivity index (χ3n) is 3.42. The fourth-order valence-corrected chi connectivity index (χ4v) is 3.07. The molecule has 1 aromatic rings. The van der Waals surface area contributed by atoms with Gasteiger partial charge >= 0.3 is 0 Å². The van der Waals surface area contributed by atoms with Crippen LogP contribution in [0.1, 0.15) is 37.8 Å². The van der Waals surface area contributed by atoms with Crippen molar-refractivity contribution in [3.05, 3.63) is 22.4 Å². The van der Waals surface area contributed by atoms with Crippen molar-refractivity contribution in [2.24, 2.45) is 0 Å². The van der Waals surface area contributed by atoms with Gasteiger partial charge in [0.2, 0.25) is 0 Å². The van der Waals surface area contributed by atoms with Crippen LogP contribution in [0.25, 0.3) is 0 Å². The van der Waals surface area contributed by atoms with Crippen molar-refractivity contribution in [2.75, 3.05) is 13.7 Å². The van der Waals surface area contributed by atoms with Crippen molar-refractivity contribution in [1.82, 2.24) is 5.32 Å². The summed E-state index contributed by atoms with van der Waals surface area (Å²) in [6, 6.07) is 2.57. The number of ether oxygens (including phenoxy) is 1. The summed E-state index contributed by atoms with van der Waals surface area (Å²) in [5.41, 5.74) is 1.43. The molecule has 1 aliphatic carbocycles. The zero-order valence-corrected chi connectivity index (χ0v) is 10.3. The van der Waals surface area contributed by atoms with Gasteiger partial charge in [-0.25, -0.2) is 0 Å². The molecule has 0 radical (unpaired) electrons. The minimum absolute atomic E-state index is 0.0527. The van der Waals surface area contributed by atoms with Gasteiger partial charge in [0.05, 0.1) is 11.6 Å². The molecule has 1 fully saturated rings. The molecule has 0 amide bonds. The van der Waals surface area contributed by atoms with Gasteiger partial charge in [-0.3, -0.25) is 0 Å². The molecule has 1 aromatic heterocycles. The molecule has 0 aromatic carbocycles. The molecule has 0 aliphatic heterocycles. The van der Waals surface area contributed by atoms with Crippen LogP contribution in [-0.2, 0) is 4.74 Å². The van der Waals surface area contributed by atoms with Gasteiger partial charge in [0, 0.05) is 7.11 Å². The Balaban J connectivity index is 2.19. The largest absolute Gasteiger partial charge is 0.376 e. The van der Waals surface area contributed by atoms with Gasteiger partial charge in [0.25, 0.3) is 0 Å². The maximum absolute atomic E-state index is 5.75. The van der Waals surface area contributed by atoms with E-state index in [1.165, 1.54) is 24.8 Å². The molecule has 84 valence electrons. The Labute approximate surface area is 95.6 Å². The third-order valence-corrected chi connectivity index (χ3v) is 4.12. The Morgan fingerprint density at radius 3 is 2.80 bits per heavy atom. The van der Waals surface area contributed by atoms with E-state index >= 15 is 0 Å². The molecule has 1 aliphatic rings. The van der Waals surface area contributed by atoms with E-state index < -0.39 is 0 Å². The van der Waals surface area contributed by atoms with E-state index in [4.69, 9.17) is 4.74 Å². The van der Waals surface area contributed by atoms with Crippen LogP contribution in [0.15, 0.2) is 16.8 Å². The lowest BCUT2D eigenvalue weighted by Crippen LogP contribution is -2.50. The molecular weight excluding hydrogens is 206 g/mol. The highest BCUT2D eigenvalue weighted by Gasteiger charge is 2.44. The lowest BCUT2D eigenvalue weighted by atomic mass is 9.72. The average Bonchev–Trinajstić information content (AvgIpc) is 2.68. The van der Waals surface area contributed by atoms with E-state index in [1.807, 2.05) is 7.11 Å². The van der Waals surface area contributed by atoms with Crippen molar-refractivity contribution >= 4 is 11.3 Å². The van der Waals surface area contributed by atoms with Crippen LogP contribution >= 0.6 is 11.3 Å². The topological polar surface area (TPSA) is 21.3 Å². The minimum Gasteiger partial charge on any atom is -0.376 e. The lowest BCUT2D eigenvalue weighted by Gasteiger charge is -2.46. The molecule has 1 heterocycles. The van der Waals surface area contributed by atoms with E-state index in [0.29, 0.717) is 6.04 Å². The summed E-state index contributed by atoms with van der Waals surface area (Å²) >= 11 is 1.76. The summed E-state index contributed by atoms with van der Waals surface area (Å²) in [5, 5.41) is 7.93. The van der Waals surface area contributed by atoms with E-state index in [-0.39, 0.29) is 5.60 Å². The summed E-state index contributed by atoms with van der Waals surface area (Å²) in [4.78, 5) is 0. The number of methoxy groups -OCH3 is 1. The van der Waals surface area contributed by atoms with E-state index in [9.17, 15) is 0 Å². The van der Waals surface area contributed by atoms with Crippen molar-refractivity contribution in [2.45, 2.75) is 37.8 Å². The number of hydrogen-bond acceptors (Lipinski definition) is 3. The quantitative estimate of drug-likeness (QED) is 0.832. The molecule has 1 N–H and O–H groups in total.